The number of hydrogen-bond donors (Lipinski definition) is 0. The molecule has 0 rings (SSSR count). The molecule has 0 saturated carbocycles. The zero-order valence-electron chi connectivity index (χ0n) is 7.35. The van der Waals surface area contributed by atoms with E-state index in [0.717, 1.165) is 12.3 Å². The first kappa shape index (κ1) is 9.56. The van der Waals surface area contributed by atoms with Crippen LogP contribution in [0.1, 0.15) is 40.0 Å². The molecule has 0 aromatic rings. The Bertz CT molecular complexity index is 108. The Morgan fingerprint density at radius 2 is 1.90 bits per heavy atom. The van der Waals surface area contributed by atoms with Crippen LogP contribution in [-0.2, 0) is 0 Å². The van der Waals surface area contributed by atoms with E-state index in [9.17, 15) is 0 Å². The quantitative estimate of drug-likeness (QED) is 0.524. The average Bonchev–Trinajstić information content (AvgIpc) is 1.99. The Hall–Kier alpha value is -0.440. The fourth-order valence-corrected chi connectivity index (χ4v) is 1.00. The van der Waals surface area contributed by atoms with E-state index in [2.05, 4.69) is 26.7 Å². The van der Waals surface area contributed by atoms with Crippen molar-refractivity contribution in [1.82, 2.24) is 0 Å². The summed E-state index contributed by atoms with van der Waals surface area (Å²) < 4.78 is 0. The summed E-state index contributed by atoms with van der Waals surface area (Å²) in [7, 11) is 0. The maximum atomic E-state index is 5.34. The molecule has 0 N–H and O–H groups in total. The molecule has 0 aliphatic carbocycles. The fourth-order valence-electron chi connectivity index (χ4n) is 1.00. The van der Waals surface area contributed by atoms with Crippen LogP contribution in [-0.4, -0.2) is 0 Å². The minimum absolute atomic E-state index is 0.509. The van der Waals surface area contributed by atoms with Gasteiger partial charge in [-0.05, 0) is 18.8 Å². The molecule has 0 radical (unpaired) electrons. The molecule has 58 valence electrons. The summed E-state index contributed by atoms with van der Waals surface area (Å²) in [4.78, 5) is 0. The van der Waals surface area contributed by atoms with Gasteiger partial charge in [-0.15, -0.1) is 12.3 Å². The van der Waals surface area contributed by atoms with Gasteiger partial charge in [0.05, 0.1) is 0 Å². The first-order chi connectivity index (χ1) is 4.74. The second kappa shape index (κ2) is 5.35. The van der Waals surface area contributed by atoms with E-state index in [1.165, 1.54) is 12.8 Å². The van der Waals surface area contributed by atoms with E-state index in [1.807, 2.05) is 0 Å². The zero-order valence-corrected chi connectivity index (χ0v) is 7.35. The van der Waals surface area contributed by atoms with Gasteiger partial charge in [-0.25, -0.2) is 0 Å². The smallest absolute Gasteiger partial charge is 0.0200 e. The highest BCUT2D eigenvalue weighted by Crippen LogP contribution is 2.16. The minimum Gasteiger partial charge on any atom is -0.120 e. The molecule has 0 aromatic heterocycles. The Morgan fingerprint density at radius 1 is 1.30 bits per heavy atom. The van der Waals surface area contributed by atoms with E-state index in [-0.39, 0.29) is 0 Å². The van der Waals surface area contributed by atoms with Gasteiger partial charge in [0, 0.05) is 5.92 Å². The lowest BCUT2D eigenvalue weighted by Crippen LogP contribution is -2.02. The van der Waals surface area contributed by atoms with Crippen LogP contribution < -0.4 is 0 Å². The standard InChI is InChI=1S/C10H18/c1-5-9(4)8-10(6-2)7-3/h2,9-10H,5,7-8H2,1,3-4H3. The molecule has 0 aliphatic rings. The van der Waals surface area contributed by atoms with E-state index in [0.29, 0.717) is 5.92 Å². The highest BCUT2D eigenvalue weighted by atomic mass is 14.1. The van der Waals surface area contributed by atoms with Crippen molar-refractivity contribution in [3.63, 3.8) is 0 Å². The lowest BCUT2D eigenvalue weighted by molar-refractivity contribution is 0.436. The van der Waals surface area contributed by atoms with Crippen LogP contribution in [0.2, 0.25) is 0 Å². The molecular formula is C10H18. The molecule has 0 amide bonds. The van der Waals surface area contributed by atoms with Crippen molar-refractivity contribution in [3.8, 4) is 12.3 Å². The number of rotatable bonds is 4. The monoisotopic (exact) mass is 138 g/mol. The third-order valence-electron chi connectivity index (χ3n) is 2.11. The van der Waals surface area contributed by atoms with Gasteiger partial charge < -0.3 is 0 Å². The number of hydrogen-bond acceptors (Lipinski definition) is 0. The Kier molecular flexibility index (Phi) is 5.12. The molecule has 0 heteroatoms. The van der Waals surface area contributed by atoms with E-state index >= 15 is 0 Å². The summed E-state index contributed by atoms with van der Waals surface area (Å²) in [6.45, 7) is 6.64. The molecule has 10 heavy (non-hydrogen) atoms. The third kappa shape index (κ3) is 3.56. The van der Waals surface area contributed by atoms with Crippen molar-refractivity contribution in [3.05, 3.63) is 0 Å². The van der Waals surface area contributed by atoms with Crippen molar-refractivity contribution in [1.29, 1.82) is 0 Å². The second-order valence-corrected chi connectivity index (χ2v) is 3.02. The Labute approximate surface area is 65.0 Å². The average molecular weight is 138 g/mol. The summed E-state index contributed by atoms with van der Waals surface area (Å²) >= 11 is 0. The summed E-state index contributed by atoms with van der Waals surface area (Å²) in [5.41, 5.74) is 0. The first-order valence-corrected chi connectivity index (χ1v) is 4.20. The van der Waals surface area contributed by atoms with Gasteiger partial charge >= 0.3 is 0 Å². The van der Waals surface area contributed by atoms with Crippen molar-refractivity contribution >= 4 is 0 Å². The summed E-state index contributed by atoms with van der Waals surface area (Å²) in [6, 6.07) is 0. The third-order valence-corrected chi connectivity index (χ3v) is 2.11. The van der Waals surface area contributed by atoms with Crippen molar-refractivity contribution in [2.24, 2.45) is 11.8 Å². The van der Waals surface area contributed by atoms with Gasteiger partial charge in [-0.3, -0.25) is 0 Å². The van der Waals surface area contributed by atoms with Gasteiger partial charge in [0.2, 0.25) is 0 Å². The largest absolute Gasteiger partial charge is 0.120 e. The normalized spacial score (nSPS) is 15.8. The maximum absolute atomic E-state index is 5.34. The van der Waals surface area contributed by atoms with Crippen LogP contribution in [0.15, 0.2) is 0 Å². The van der Waals surface area contributed by atoms with Crippen molar-refractivity contribution in [2.75, 3.05) is 0 Å². The van der Waals surface area contributed by atoms with E-state index < -0.39 is 0 Å². The topological polar surface area (TPSA) is 0 Å². The van der Waals surface area contributed by atoms with Crippen LogP contribution in [0.3, 0.4) is 0 Å². The predicted molar refractivity (Wildman–Crippen MR) is 46.7 cm³/mol. The van der Waals surface area contributed by atoms with E-state index in [4.69, 9.17) is 6.42 Å². The molecule has 0 bridgehead atoms. The van der Waals surface area contributed by atoms with Gasteiger partial charge in [0.1, 0.15) is 0 Å². The van der Waals surface area contributed by atoms with Gasteiger partial charge in [0.25, 0.3) is 0 Å². The molecule has 2 unspecified atom stereocenters. The molecule has 0 fully saturated rings. The summed E-state index contributed by atoms with van der Waals surface area (Å²) in [6.07, 6.45) is 8.91. The van der Waals surface area contributed by atoms with Crippen molar-refractivity contribution < 1.29 is 0 Å². The molecule has 0 heterocycles. The molecule has 0 aliphatic heterocycles. The van der Waals surface area contributed by atoms with Gasteiger partial charge in [-0.1, -0.05) is 27.2 Å². The zero-order chi connectivity index (χ0) is 7.98. The van der Waals surface area contributed by atoms with Crippen LogP contribution in [0, 0.1) is 24.2 Å². The molecule has 0 nitrogen and oxygen atoms in total. The lowest BCUT2D eigenvalue weighted by atomic mass is 9.93. The molecule has 0 spiro atoms. The molecular weight excluding hydrogens is 120 g/mol. The van der Waals surface area contributed by atoms with Crippen molar-refractivity contribution in [2.45, 2.75) is 40.0 Å². The predicted octanol–water partition coefficient (Wildman–Crippen LogP) is 3.08. The molecule has 2 atom stereocenters. The Balaban J connectivity index is 3.54. The highest BCUT2D eigenvalue weighted by Gasteiger charge is 2.06. The van der Waals surface area contributed by atoms with Crippen LogP contribution >= 0.6 is 0 Å². The second-order valence-electron chi connectivity index (χ2n) is 3.02. The molecule has 0 aromatic carbocycles. The minimum atomic E-state index is 0.509. The SMILES string of the molecule is C#CC(CC)CC(C)CC. The number of terminal acetylenes is 1. The summed E-state index contributed by atoms with van der Waals surface area (Å²) in [5.74, 6) is 4.12. The van der Waals surface area contributed by atoms with Crippen LogP contribution in [0.4, 0.5) is 0 Å². The first-order valence-electron chi connectivity index (χ1n) is 4.20. The fraction of sp³-hybridized carbons (Fsp3) is 0.800. The van der Waals surface area contributed by atoms with Crippen LogP contribution in [0.5, 0.6) is 0 Å². The highest BCUT2D eigenvalue weighted by molar-refractivity contribution is 4.92. The lowest BCUT2D eigenvalue weighted by Gasteiger charge is -2.12. The van der Waals surface area contributed by atoms with Crippen LogP contribution in [0.25, 0.3) is 0 Å². The molecule has 0 saturated heterocycles. The maximum Gasteiger partial charge on any atom is 0.0200 e. The van der Waals surface area contributed by atoms with E-state index in [1.54, 1.807) is 0 Å². The van der Waals surface area contributed by atoms with Gasteiger partial charge in [0.15, 0.2) is 0 Å². The van der Waals surface area contributed by atoms with Gasteiger partial charge in [-0.2, -0.15) is 0 Å². The summed E-state index contributed by atoms with van der Waals surface area (Å²) in [5, 5.41) is 0. The Morgan fingerprint density at radius 3 is 2.20 bits per heavy atom.